The van der Waals surface area contributed by atoms with Crippen molar-refractivity contribution in [2.24, 2.45) is 0 Å². The van der Waals surface area contributed by atoms with Crippen molar-refractivity contribution in [2.75, 3.05) is 14.7 Å². The van der Waals surface area contributed by atoms with Crippen LogP contribution in [0, 0.1) is 0 Å². The Morgan fingerprint density at radius 2 is 0.451 bits per heavy atom. The van der Waals surface area contributed by atoms with Crippen molar-refractivity contribution < 1.29 is 34.3 Å². The third-order valence-corrected chi connectivity index (χ3v) is 16.5. The van der Waals surface area contributed by atoms with Crippen LogP contribution in [-0.4, -0.2) is 15.0 Å². The maximum Gasteiger partial charge on any atom is 3.00 e. The topological polar surface area (TPSA) is 76.1 Å². The zero-order chi connectivity index (χ0) is 59.7. The molecule has 0 fully saturated rings. The van der Waals surface area contributed by atoms with Crippen molar-refractivity contribution in [1.82, 2.24) is 15.0 Å². The van der Waals surface area contributed by atoms with Crippen molar-refractivity contribution in [3.05, 3.63) is 328 Å². The molecule has 6 heterocycles. The number of hydrogen-bond acceptors (Lipinski definition) is 9. The first kappa shape index (κ1) is 55.9. The summed E-state index contributed by atoms with van der Waals surface area (Å²) < 4.78 is 18.4. The number of rotatable bonds is 6. The Balaban J connectivity index is 0.000000113. The van der Waals surface area contributed by atoms with Gasteiger partial charge in [0.25, 0.3) is 0 Å². The average molecular weight is 1350 g/mol. The van der Waals surface area contributed by atoms with E-state index in [9.17, 15) is 0 Å². The van der Waals surface area contributed by atoms with Gasteiger partial charge < -0.3 is 28.9 Å². The minimum absolute atomic E-state index is 0. The SMILES string of the molecule is [Ir+3].c1cc(-c2nccc3ccccc23)cc(N2c3ccccc3Oc3ccccc32)c1.c1cc(-c2nccc3ccccc23)cc(N2c3ccccc3Oc3ccccc32)c1.c1cc(-c2nccc3ccccc23)cc(N2c3ccccc3Oc3ccccc32)c1. The minimum Gasteiger partial charge on any atom is -0.453 e. The van der Waals surface area contributed by atoms with Gasteiger partial charge in [0.1, 0.15) is 0 Å². The van der Waals surface area contributed by atoms with Crippen LogP contribution in [0.1, 0.15) is 0 Å². The summed E-state index contributed by atoms with van der Waals surface area (Å²) in [5, 5.41) is 7.03. The fraction of sp³-hybridized carbons (Fsp3) is 0. The first-order chi connectivity index (χ1) is 44.6. The molecular weight excluding hydrogens is 1300 g/mol. The zero-order valence-electron chi connectivity index (χ0n) is 48.9. The number of aromatic nitrogens is 3. The van der Waals surface area contributed by atoms with Gasteiger partial charge >= 0.3 is 20.1 Å². The van der Waals surface area contributed by atoms with Gasteiger partial charge in [-0.3, -0.25) is 15.0 Å². The first-order valence-corrected chi connectivity index (χ1v) is 30.0. The number of nitrogens with zero attached hydrogens (tertiary/aromatic N) is 6. The Labute approximate surface area is 540 Å². The van der Waals surface area contributed by atoms with Crippen molar-refractivity contribution in [1.29, 1.82) is 0 Å². The summed E-state index contributed by atoms with van der Waals surface area (Å²) in [5.74, 6) is 5.11. The van der Waals surface area contributed by atoms with E-state index in [0.29, 0.717) is 0 Å². The molecule has 0 saturated heterocycles. The van der Waals surface area contributed by atoms with Crippen molar-refractivity contribution >= 4 is 83.5 Å². The molecule has 0 unspecified atom stereocenters. The second-order valence-electron chi connectivity index (χ2n) is 21.9. The number of fused-ring (bicyclic) bond motifs is 9. The van der Waals surface area contributed by atoms with Gasteiger partial charge in [-0.05, 0) is 144 Å². The summed E-state index contributed by atoms with van der Waals surface area (Å²) in [7, 11) is 0. The van der Waals surface area contributed by atoms with Crippen LogP contribution in [0.5, 0.6) is 34.5 Å². The molecular formula is C81H54IrN6O3+3. The van der Waals surface area contributed by atoms with E-state index in [1.165, 1.54) is 16.2 Å². The number of para-hydroxylation sites is 12. The molecule has 10 heteroatoms. The van der Waals surface area contributed by atoms with E-state index in [0.717, 1.165) is 136 Å². The molecule has 3 aromatic heterocycles. The van der Waals surface area contributed by atoms with E-state index in [2.05, 4.69) is 215 Å². The van der Waals surface area contributed by atoms with Gasteiger partial charge in [0, 0.05) is 68.5 Å². The zero-order valence-corrected chi connectivity index (χ0v) is 51.3. The Morgan fingerprint density at radius 3 is 0.714 bits per heavy atom. The number of ether oxygens (including phenoxy) is 3. The molecule has 15 aromatic rings. The van der Waals surface area contributed by atoms with Gasteiger partial charge in [-0.25, -0.2) is 0 Å². The molecule has 3 aliphatic heterocycles. The summed E-state index contributed by atoms with van der Waals surface area (Å²) >= 11 is 0. The van der Waals surface area contributed by atoms with Crippen LogP contribution in [0.15, 0.2) is 328 Å². The van der Waals surface area contributed by atoms with E-state index in [1.807, 2.05) is 128 Å². The maximum atomic E-state index is 6.15. The molecule has 0 saturated carbocycles. The Kier molecular flexibility index (Phi) is 15.0. The molecule has 0 amide bonds. The molecule has 0 radical (unpaired) electrons. The van der Waals surface area contributed by atoms with E-state index in [1.54, 1.807) is 0 Å². The second kappa shape index (κ2) is 24.5. The molecule has 0 aliphatic carbocycles. The largest absolute Gasteiger partial charge is 3.00 e. The predicted octanol–water partition coefficient (Wildman–Crippen LogP) is 22.4. The van der Waals surface area contributed by atoms with Crippen molar-refractivity contribution in [2.45, 2.75) is 0 Å². The van der Waals surface area contributed by atoms with Crippen LogP contribution in [0.4, 0.5) is 51.2 Å². The summed E-state index contributed by atoms with van der Waals surface area (Å²) in [6, 6.07) is 106. The molecule has 0 atom stereocenters. The maximum absolute atomic E-state index is 6.15. The van der Waals surface area contributed by atoms with Crippen LogP contribution < -0.4 is 28.9 Å². The number of pyridine rings is 3. The summed E-state index contributed by atoms with van der Waals surface area (Å²) in [6.45, 7) is 0. The fourth-order valence-corrected chi connectivity index (χ4v) is 12.4. The van der Waals surface area contributed by atoms with E-state index in [-0.39, 0.29) is 20.1 Å². The van der Waals surface area contributed by atoms with Crippen molar-refractivity contribution in [3.63, 3.8) is 0 Å². The summed E-state index contributed by atoms with van der Waals surface area (Å²) in [6.07, 6.45) is 5.64. The average Bonchev–Trinajstić information content (AvgIpc) is 1.46. The molecule has 12 aromatic carbocycles. The normalized spacial score (nSPS) is 12.1. The smallest absolute Gasteiger partial charge is 0.453 e. The van der Waals surface area contributed by atoms with Crippen LogP contribution in [0.3, 0.4) is 0 Å². The van der Waals surface area contributed by atoms with E-state index in [4.69, 9.17) is 29.2 Å². The molecule has 0 spiro atoms. The molecule has 0 N–H and O–H groups in total. The van der Waals surface area contributed by atoms with Gasteiger partial charge in [-0.15, -0.1) is 0 Å². The Bertz CT molecular complexity index is 4550. The Morgan fingerprint density at radius 1 is 0.220 bits per heavy atom. The molecule has 91 heavy (non-hydrogen) atoms. The molecule has 9 nitrogen and oxygen atoms in total. The fourth-order valence-electron chi connectivity index (χ4n) is 12.4. The summed E-state index contributed by atoms with van der Waals surface area (Å²) in [5.41, 5.74) is 15.6. The Hall–Kier alpha value is -11.7. The van der Waals surface area contributed by atoms with E-state index < -0.39 is 0 Å². The van der Waals surface area contributed by atoms with Crippen LogP contribution in [-0.2, 0) is 20.1 Å². The predicted molar refractivity (Wildman–Crippen MR) is 366 cm³/mol. The number of hydrogen-bond donors (Lipinski definition) is 0. The first-order valence-electron chi connectivity index (χ1n) is 30.0. The molecule has 18 rings (SSSR count). The standard InChI is InChI=1S/3C27H18N2O.Ir/c3*1-2-11-22-19(8-1)16-17-28-27(22)20-9-7-10-21(18-20)29-23-12-3-5-14-25(23)30-26-15-6-4-13-24(26)29;/h3*1-18H;/q;;;+3. The van der Waals surface area contributed by atoms with Gasteiger partial charge in [-0.2, -0.15) is 0 Å². The van der Waals surface area contributed by atoms with Crippen molar-refractivity contribution in [3.8, 4) is 68.3 Å². The second-order valence-corrected chi connectivity index (χ2v) is 21.9. The quantitative estimate of drug-likeness (QED) is 0.162. The minimum atomic E-state index is 0. The summed E-state index contributed by atoms with van der Waals surface area (Å²) in [4.78, 5) is 20.9. The monoisotopic (exact) mass is 1350 g/mol. The molecule has 0 bridgehead atoms. The molecule has 432 valence electrons. The van der Waals surface area contributed by atoms with Crippen LogP contribution in [0.25, 0.3) is 66.1 Å². The van der Waals surface area contributed by atoms with Crippen LogP contribution in [0.2, 0.25) is 0 Å². The third-order valence-electron chi connectivity index (χ3n) is 16.5. The van der Waals surface area contributed by atoms with Gasteiger partial charge in [0.15, 0.2) is 34.5 Å². The van der Waals surface area contributed by atoms with E-state index >= 15 is 0 Å². The van der Waals surface area contributed by atoms with Gasteiger partial charge in [0.05, 0.1) is 51.2 Å². The number of benzene rings is 12. The van der Waals surface area contributed by atoms with Crippen LogP contribution >= 0.6 is 0 Å². The van der Waals surface area contributed by atoms with Gasteiger partial charge in [-0.1, -0.05) is 182 Å². The number of anilines is 9. The van der Waals surface area contributed by atoms with Gasteiger partial charge in [0.2, 0.25) is 0 Å². The third kappa shape index (κ3) is 10.6. The molecule has 3 aliphatic rings.